The lowest BCUT2D eigenvalue weighted by atomic mass is 9.80. The minimum Gasteiger partial charge on any atom is -0.424 e. The van der Waals surface area contributed by atoms with Crippen molar-refractivity contribution in [3.05, 3.63) is 24.3 Å². The largest absolute Gasteiger partial charge is 0.424 e. The van der Waals surface area contributed by atoms with E-state index in [4.69, 9.17) is 4.42 Å². The number of aromatic nitrogens is 1. The van der Waals surface area contributed by atoms with E-state index in [2.05, 4.69) is 17.2 Å². The maximum absolute atomic E-state index is 5.64. The van der Waals surface area contributed by atoms with E-state index in [0.717, 1.165) is 17.0 Å². The van der Waals surface area contributed by atoms with Gasteiger partial charge in [-0.3, -0.25) is 0 Å². The van der Waals surface area contributed by atoms with Crippen LogP contribution in [0.2, 0.25) is 0 Å². The molecule has 1 aromatic heterocycles. The Kier molecular flexibility index (Phi) is 2.31. The highest BCUT2D eigenvalue weighted by atomic mass is 16.4. The molecular weight excluding hydrogens is 200 g/mol. The summed E-state index contributed by atoms with van der Waals surface area (Å²) >= 11 is 0. The molecule has 0 saturated heterocycles. The second kappa shape index (κ2) is 3.81. The van der Waals surface area contributed by atoms with Gasteiger partial charge in [-0.15, -0.1) is 0 Å². The Bertz CT molecular complexity index is 454. The van der Waals surface area contributed by atoms with Crippen LogP contribution in [0.5, 0.6) is 0 Å². The van der Waals surface area contributed by atoms with Gasteiger partial charge in [-0.25, -0.2) is 0 Å². The van der Waals surface area contributed by atoms with E-state index in [1.165, 1.54) is 19.3 Å². The molecule has 1 aliphatic carbocycles. The predicted molar refractivity (Wildman–Crippen MR) is 64.4 cm³/mol. The predicted octanol–water partition coefficient (Wildman–Crippen LogP) is 3.43. The Hall–Kier alpha value is -1.51. The molecule has 1 N–H and O–H groups in total. The second-order valence-electron chi connectivity index (χ2n) is 4.61. The van der Waals surface area contributed by atoms with Crippen LogP contribution in [-0.4, -0.2) is 11.0 Å². The fourth-order valence-corrected chi connectivity index (χ4v) is 2.19. The fourth-order valence-electron chi connectivity index (χ4n) is 2.19. The van der Waals surface area contributed by atoms with Crippen molar-refractivity contribution in [2.24, 2.45) is 5.92 Å². The highest BCUT2D eigenvalue weighted by Gasteiger charge is 2.24. The summed E-state index contributed by atoms with van der Waals surface area (Å²) in [5.74, 6) is 0.787. The number of hydrogen-bond acceptors (Lipinski definition) is 3. The van der Waals surface area contributed by atoms with Gasteiger partial charge in [0.2, 0.25) is 0 Å². The van der Waals surface area contributed by atoms with Gasteiger partial charge in [0.1, 0.15) is 5.52 Å². The summed E-state index contributed by atoms with van der Waals surface area (Å²) in [6, 6.07) is 8.97. The summed E-state index contributed by atoms with van der Waals surface area (Å²) < 4.78 is 5.64. The number of nitrogens with one attached hydrogen (secondary N) is 1. The van der Waals surface area contributed by atoms with Gasteiger partial charge in [-0.1, -0.05) is 18.6 Å². The first-order valence-electron chi connectivity index (χ1n) is 5.95. The van der Waals surface area contributed by atoms with Gasteiger partial charge in [-0.05, 0) is 37.8 Å². The van der Waals surface area contributed by atoms with E-state index < -0.39 is 0 Å². The summed E-state index contributed by atoms with van der Waals surface area (Å²) in [5.41, 5.74) is 1.77. The zero-order chi connectivity index (χ0) is 11.0. The number of para-hydroxylation sites is 2. The molecule has 2 aromatic rings. The Labute approximate surface area is 94.9 Å². The second-order valence-corrected chi connectivity index (χ2v) is 4.61. The number of fused-ring (bicyclic) bond motifs is 1. The Balaban J connectivity index is 1.78. The van der Waals surface area contributed by atoms with E-state index in [1.54, 1.807) is 0 Å². The van der Waals surface area contributed by atoms with E-state index in [0.29, 0.717) is 12.1 Å². The first-order chi connectivity index (χ1) is 7.83. The molecule has 3 rings (SSSR count). The summed E-state index contributed by atoms with van der Waals surface area (Å²) in [6.45, 7) is 2.21. The molecular formula is C13H16N2O. The smallest absolute Gasteiger partial charge is 0.295 e. The molecule has 1 atom stereocenters. The molecule has 1 aromatic carbocycles. The fraction of sp³-hybridized carbons (Fsp3) is 0.462. The molecule has 84 valence electrons. The molecule has 16 heavy (non-hydrogen) atoms. The van der Waals surface area contributed by atoms with Crippen LogP contribution in [0.15, 0.2) is 28.7 Å². The summed E-state index contributed by atoms with van der Waals surface area (Å²) in [4.78, 5) is 4.42. The maximum Gasteiger partial charge on any atom is 0.295 e. The van der Waals surface area contributed by atoms with Crippen molar-refractivity contribution in [2.75, 3.05) is 5.32 Å². The van der Waals surface area contributed by atoms with Gasteiger partial charge in [0.25, 0.3) is 6.01 Å². The van der Waals surface area contributed by atoms with Crippen molar-refractivity contribution in [2.45, 2.75) is 32.2 Å². The SMILES string of the molecule is CC(Nc1nc2ccccc2o1)C1CCC1. The van der Waals surface area contributed by atoms with Crippen LogP contribution in [0.3, 0.4) is 0 Å². The van der Waals surface area contributed by atoms with Crippen molar-refractivity contribution < 1.29 is 4.42 Å². The molecule has 0 spiro atoms. The van der Waals surface area contributed by atoms with E-state index in [-0.39, 0.29) is 0 Å². The van der Waals surface area contributed by atoms with Crippen LogP contribution in [-0.2, 0) is 0 Å². The molecule has 0 bridgehead atoms. The third kappa shape index (κ3) is 1.66. The molecule has 1 fully saturated rings. The monoisotopic (exact) mass is 216 g/mol. The molecule has 0 radical (unpaired) electrons. The van der Waals surface area contributed by atoms with Crippen LogP contribution < -0.4 is 5.32 Å². The number of anilines is 1. The summed E-state index contributed by atoms with van der Waals surface area (Å²) in [7, 11) is 0. The number of oxazole rings is 1. The highest BCUT2D eigenvalue weighted by Crippen LogP contribution is 2.31. The molecule has 1 unspecified atom stereocenters. The van der Waals surface area contributed by atoms with E-state index >= 15 is 0 Å². The Morgan fingerprint density at radius 1 is 1.38 bits per heavy atom. The van der Waals surface area contributed by atoms with Gasteiger partial charge in [0.15, 0.2) is 5.58 Å². The van der Waals surface area contributed by atoms with Crippen molar-refractivity contribution in [3.63, 3.8) is 0 Å². The third-order valence-electron chi connectivity index (χ3n) is 3.50. The molecule has 1 heterocycles. The normalized spacial score (nSPS) is 18.3. The van der Waals surface area contributed by atoms with E-state index in [1.807, 2.05) is 24.3 Å². The number of nitrogens with zero attached hydrogens (tertiary/aromatic N) is 1. The quantitative estimate of drug-likeness (QED) is 0.854. The molecule has 3 nitrogen and oxygen atoms in total. The highest BCUT2D eigenvalue weighted by molar-refractivity contribution is 5.74. The standard InChI is InChI=1S/C13H16N2O/c1-9(10-5-4-6-10)14-13-15-11-7-2-3-8-12(11)16-13/h2-3,7-10H,4-6H2,1H3,(H,14,15). The molecule has 1 saturated carbocycles. The number of rotatable bonds is 3. The maximum atomic E-state index is 5.64. The van der Waals surface area contributed by atoms with Gasteiger partial charge in [-0.2, -0.15) is 4.98 Å². The Morgan fingerprint density at radius 2 is 2.19 bits per heavy atom. The first kappa shape index (κ1) is 9.70. The molecule has 1 aliphatic rings. The first-order valence-corrected chi connectivity index (χ1v) is 5.95. The summed E-state index contributed by atoms with van der Waals surface area (Å²) in [5, 5.41) is 3.36. The third-order valence-corrected chi connectivity index (χ3v) is 3.50. The lowest BCUT2D eigenvalue weighted by Gasteiger charge is -2.31. The van der Waals surface area contributed by atoms with Gasteiger partial charge < -0.3 is 9.73 Å². The lowest BCUT2D eigenvalue weighted by molar-refractivity contribution is 0.282. The molecule has 0 aliphatic heterocycles. The zero-order valence-corrected chi connectivity index (χ0v) is 9.44. The van der Waals surface area contributed by atoms with Gasteiger partial charge in [0.05, 0.1) is 0 Å². The van der Waals surface area contributed by atoms with Crippen LogP contribution in [0, 0.1) is 5.92 Å². The van der Waals surface area contributed by atoms with Crippen LogP contribution >= 0.6 is 0 Å². The van der Waals surface area contributed by atoms with Gasteiger partial charge >= 0.3 is 0 Å². The minimum absolute atomic E-state index is 0.460. The van der Waals surface area contributed by atoms with Crippen molar-refractivity contribution in [3.8, 4) is 0 Å². The molecule has 0 amide bonds. The number of benzene rings is 1. The van der Waals surface area contributed by atoms with Crippen LogP contribution in [0.25, 0.3) is 11.1 Å². The van der Waals surface area contributed by atoms with Crippen LogP contribution in [0.1, 0.15) is 26.2 Å². The summed E-state index contributed by atoms with van der Waals surface area (Å²) in [6.07, 6.45) is 4.02. The Morgan fingerprint density at radius 3 is 2.88 bits per heavy atom. The van der Waals surface area contributed by atoms with Crippen molar-refractivity contribution in [1.82, 2.24) is 4.98 Å². The number of hydrogen-bond donors (Lipinski definition) is 1. The van der Waals surface area contributed by atoms with Crippen molar-refractivity contribution in [1.29, 1.82) is 0 Å². The van der Waals surface area contributed by atoms with Crippen molar-refractivity contribution >= 4 is 17.1 Å². The van der Waals surface area contributed by atoms with E-state index in [9.17, 15) is 0 Å². The average Bonchev–Trinajstić information content (AvgIpc) is 2.56. The zero-order valence-electron chi connectivity index (χ0n) is 9.44. The van der Waals surface area contributed by atoms with Crippen LogP contribution in [0.4, 0.5) is 6.01 Å². The lowest BCUT2D eigenvalue weighted by Crippen LogP contribution is -2.30. The minimum atomic E-state index is 0.460. The molecule has 3 heteroatoms. The average molecular weight is 216 g/mol. The van der Waals surface area contributed by atoms with Gasteiger partial charge in [0, 0.05) is 6.04 Å². The topological polar surface area (TPSA) is 38.1 Å².